The molecule has 0 spiro atoms. The molecule has 10 heteroatoms. The predicted octanol–water partition coefficient (Wildman–Crippen LogP) is 3.53. The van der Waals surface area contributed by atoms with Crippen LogP contribution in [-0.2, 0) is 26.3 Å². The molecule has 178 valence electrons. The highest BCUT2D eigenvalue weighted by molar-refractivity contribution is 5.92. The van der Waals surface area contributed by atoms with E-state index in [0.717, 1.165) is 38.5 Å². The fourth-order valence-electron chi connectivity index (χ4n) is 4.08. The Labute approximate surface area is 193 Å². The number of methoxy groups -OCH3 is 1. The van der Waals surface area contributed by atoms with Crippen molar-refractivity contribution in [1.82, 2.24) is 15.5 Å². The van der Waals surface area contributed by atoms with Crippen LogP contribution in [0.15, 0.2) is 28.8 Å². The molecule has 0 bridgehead atoms. The summed E-state index contributed by atoms with van der Waals surface area (Å²) in [6.07, 6.45) is 5.73. The highest BCUT2D eigenvalue weighted by Crippen LogP contribution is 2.34. The second-order valence-corrected chi connectivity index (χ2v) is 8.31. The molecule has 0 aliphatic heterocycles. The molecular formula is C23H31N5O5. The van der Waals surface area contributed by atoms with Crippen LogP contribution in [-0.4, -0.2) is 42.2 Å². The minimum atomic E-state index is -0.606. The quantitative estimate of drug-likeness (QED) is 0.609. The summed E-state index contributed by atoms with van der Waals surface area (Å²) >= 11 is 0. The Bertz CT molecular complexity index is 964. The summed E-state index contributed by atoms with van der Waals surface area (Å²) in [7, 11) is 2.92. The molecule has 33 heavy (non-hydrogen) atoms. The number of carbonyl (C=O) groups excluding carboxylic acids is 3. The first-order chi connectivity index (χ1) is 15.8. The Morgan fingerprint density at radius 2 is 1.79 bits per heavy atom. The van der Waals surface area contributed by atoms with Gasteiger partial charge in [-0.05, 0) is 37.1 Å². The van der Waals surface area contributed by atoms with E-state index in [0.29, 0.717) is 23.1 Å². The van der Waals surface area contributed by atoms with E-state index < -0.39 is 11.6 Å². The number of aromatic nitrogens is 2. The van der Waals surface area contributed by atoms with Gasteiger partial charge in [0.05, 0.1) is 7.11 Å². The highest BCUT2D eigenvalue weighted by atomic mass is 16.5. The van der Waals surface area contributed by atoms with Gasteiger partial charge >= 0.3 is 6.09 Å². The van der Waals surface area contributed by atoms with Crippen molar-refractivity contribution in [1.29, 1.82) is 0 Å². The highest BCUT2D eigenvalue weighted by Gasteiger charge is 2.38. The number of ether oxygens (including phenoxy) is 1. The normalized spacial score (nSPS) is 15.2. The van der Waals surface area contributed by atoms with Crippen LogP contribution in [0.3, 0.4) is 0 Å². The van der Waals surface area contributed by atoms with Crippen LogP contribution < -0.4 is 15.5 Å². The Morgan fingerprint density at radius 3 is 2.39 bits per heavy atom. The zero-order valence-corrected chi connectivity index (χ0v) is 19.3. The van der Waals surface area contributed by atoms with Crippen molar-refractivity contribution in [3.05, 3.63) is 36.0 Å². The largest absolute Gasteiger partial charge is 0.452 e. The van der Waals surface area contributed by atoms with Crippen molar-refractivity contribution in [3.8, 4) is 0 Å². The van der Waals surface area contributed by atoms with Gasteiger partial charge in [-0.15, -0.1) is 0 Å². The molecule has 10 nitrogen and oxygen atoms in total. The average molecular weight is 458 g/mol. The summed E-state index contributed by atoms with van der Waals surface area (Å²) in [5.74, 6) is 0.533. The smallest absolute Gasteiger partial charge is 0.413 e. The van der Waals surface area contributed by atoms with Crippen LogP contribution in [0.2, 0.25) is 0 Å². The molecule has 0 unspecified atom stereocenters. The van der Waals surface area contributed by atoms with Crippen LogP contribution in [0.5, 0.6) is 0 Å². The fourth-order valence-corrected chi connectivity index (χ4v) is 4.08. The fraction of sp³-hybridized carbons (Fsp3) is 0.522. The predicted molar refractivity (Wildman–Crippen MR) is 122 cm³/mol. The first-order valence-corrected chi connectivity index (χ1v) is 11.2. The number of carbonyl (C=O) groups is 3. The van der Waals surface area contributed by atoms with Crippen LogP contribution in [0.4, 0.5) is 16.2 Å². The van der Waals surface area contributed by atoms with Crippen molar-refractivity contribution in [3.63, 3.8) is 0 Å². The lowest BCUT2D eigenvalue weighted by Gasteiger charge is -2.30. The lowest BCUT2D eigenvalue weighted by Crippen LogP contribution is -2.45. The summed E-state index contributed by atoms with van der Waals surface area (Å²) in [6.45, 7) is 1.50. The van der Waals surface area contributed by atoms with Crippen LogP contribution in [0.25, 0.3) is 0 Å². The molecule has 1 aromatic heterocycles. The number of anilines is 2. The van der Waals surface area contributed by atoms with Gasteiger partial charge in [0.15, 0.2) is 5.82 Å². The van der Waals surface area contributed by atoms with Gasteiger partial charge in [0.1, 0.15) is 5.54 Å². The number of hydrogen-bond acceptors (Lipinski definition) is 7. The maximum atomic E-state index is 12.4. The summed E-state index contributed by atoms with van der Waals surface area (Å²) in [5, 5.41) is 10.0. The molecular weight excluding hydrogens is 426 g/mol. The summed E-state index contributed by atoms with van der Waals surface area (Å²) in [4.78, 5) is 41.7. The third kappa shape index (κ3) is 6.30. The number of nitrogens with zero attached hydrogens (tertiary/aromatic N) is 3. The number of rotatable bonds is 7. The molecule has 1 heterocycles. The molecule has 1 saturated carbocycles. The van der Waals surface area contributed by atoms with Gasteiger partial charge in [-0.1, -0.05) is 30.8 Å². The molecule has 3 rings (SSSR count). The topological polar surface area (TPSA) is 127 Å². The third-order valence-corrected chi connectivity index (χ3v) is 5.82. The van der Waals surface area contributed by atoms with E-state index in [2.05, 4.69) is 25.5 Å². The van der Waals surface area contributed by atoms with Gasteiger partial charge in [-0.2, -0.15) is 4.98 Å². The zero-order valence-electron chi connectivity index (χ0n) is 19.3. The first-order valence-electron chi connectivity index (χ1n) is 11.2. The van der Waals surface area contributed by atoms with Crippen LogP contribution in [0, 0.1) is 0 Å². The van der Waals surface area contributed by atoms with Crippen molar-refractivity contribution in [2.75, 3.05) is 24.4 Å². The lowest BCUT2D eigenvalue weighted by atomic mass is 9.89. The van der Waals surface area contributed by atoms with E-state index in [1.165, 1.54) is 18.9 Å². The molecule has 2 N–H and O–H groups in total. The van der Waals surface area contributed by atoms with Gasteiger partial charge in [-0.3, -0.25) is 14.5 Å². The Kier molecular flexibility index (Phi) is 8.02. The maximum Gasteiger partial charge on any atom is 0.413 e. The average Bonchev–Trinajstić information content (AvgIpc) is 3.17. The van der Waals surface area contributed by atoms with Crippen molar-refractivity contribution in [2.45, 2.75) is 63.8 Å². The monoisotopic (exact) mass is 457 g/mol. The number of amides is 3. The first kappa shape index (κ1) is 24.2. The third-order valence-electron chi connectivity index (χ3n) is 5.82. The van der Waals surface area contributed by atoms with Gasteiger partial charge < -0.3 is 19.9 Å². The summed E-state index contributed by atoms with van der Waals surface area (Å²) in [6, 6.07) is 6.84. The summed E-state index contributed by atoms with van der Waals surface area (Å²) < 4.78 is 10.1. The van der Waals surface area contributed by atoms with E-state index in [4.69, 9.17) is 4.52 Å². The van der Waals surface area contributed by atoms with E-state index in [-0.39, 0.29) is 24.7 Å². The van der Waals surface area contributed by atoms with Crippen LogP contribution >= 0.6 is 0 Å². The molecule has 1 aliphatic carbocycles. The SMILES string of the molecule is COC(=O)N(C)c1ccc(NC(=O)CCc2nc(C3(NC(C)=O)CCCCCC3)no2)cc1. The van der Waals surface area contributed by atoms with Crippen molar-refractivity contribution in [2.24, 2.45) is 0 Å². The van der Waals surface area contributed by atoms with E-state index in [1.807, 2.05) is 0 Å². The zero-order chi connectivity index (χ0) is 23.8. The Morgan fingerprint density at radius 1 is 1.12 bits per heavy atom. The molecule has 0 radical (unpaired) electrons. The van der Waals surface area contributed by atoms with Crippen molar-refractivity contribution < 1.29 is 23.6 Å². The van der Waals surface area contributed by atoms with E-state index in [9.17, 15) is 14.4 Å². The second kappa shape index (κ2) is 10.9. The van der Waals surface area contributed by atoms with E-state index in [1.54, 1.807) is 31.3 Å². The standard InChI is InChI=1S/C23H31N5O5/c1-16(29)26-23(14-6-4-5-7-15-23)21-25-20(33-27-21)13-12-19(30)24-17-8-10-18(11-9-17)28(2)22(31)32-3/h8-11H,4-7,12-15H2,1-3H3,(H,24,30)(H,26,29). The minimum absolute atomic E-state index is 0.119. The Hall–Kier alpha value is -3.43. The minimum Gasteiger partial charge on any atom is -0.452 e. The summed E-state index contributed by atoms with van der Waals surface area (Å²) in [5.41, 5.74) is 0.645. The lowest BCUT2D eigenvalue weighted by molar-refractivity contribution is -0.121. The molecule has 3 amide bonds. The van der Waals surface area contributed by atoms with Crippen molar-refractivity contribution >= 4 is 29.3 Å². The number of hydrogen-bond donors (Lipinski definition) is 2. The Balaban J connectivity index is 1.57. The molecule has 1 aromatic carbocycles. The number of aryl methyl sites for hydroxylation is 1. The molecule has 2 aromatic rings. The number of benzene rings is 1. The van der Waals surface area contributed by atoms with Crippen LogP contribution in [0.1, 0.15) is 63.6 Å². The van der Waals surface area contributed by atoms with Gasteiger partial charge in [0.2, 0.25) is 17.7 Å². The van der Waals surface area contributed by atoms with E-state index >= 15 is 0 Å². The second-order valence-electron chi connectivity index (χ2n) is 8.31. The van der Waals surface area contributed by atoms with Gasteiger partial charge in [0, 0.05) is 38.2 Å². The molecule has 1 aliphatic rings. The van der Waals surface area contributed by atoms with Gasteiger partial charge in [0.25, 0.3) is 0 Å². The van der Waals surface area contributed by atoms with Gasteiger partial charge in [-0.25, -0.2) is 4.79 Å². The number of nitrogens with one attached hydrogen (secondary N) is 2. The molecule has 0 atom stereocenters. The molecule has 1 fully saturated rings. The molecule has 0 saturated heterocycles. The maximum absolute atomic E-state index is 12.4.